The highest BCUT2D eigenvalue weighted by atomic mass is 35.5. The van der Waals surface area contributed by atoms with E-state index in [2.05, 4.69) is 0 Å². The van der Waals surface area contributed by atoms with Crippen molar-refractivity contribution < 1.29 is 4.84 Å². The summed E-state index contributed by atoms with van der Waals surface area (Å²) in [5.74, 6) is 2.41. The fourth-order valence-electron chi connectivity index (χ4n) is 3.08. The number of hydrogen-bond acceptors (Lipinski definition) is 6. The molecule has 7 heteroatoms. The molecule has 0 spiro atoms. The lowest BCUT2D eigenvalue weighted by Crippen LogP contribution is -2.17. The zero-order valence-electron chi connectivity index (χ0n) is 14.1. The Morgan fingerprint density at radius 2 is 2.04 bits per heavy atom. The number of halogens is 1. The molecule has 0 radical (unpaired) electrons. The highest BCUT2D eigenvalue weighted by molar-refractivity contribution is 7.98. The lowest BCUT2D eigenvalue weighted by molar-refractivity contribution is 0.183. The smallest absolute Gasteiger partial charge is 0.164 e. The summed E-state index contributed by atoms with van der Waals surface area (Å²) >= 11 is 9.47. The molecule has 1 aliphatic carbocycles. The van der Waals surface area contributed by atoms with Crippen LogP contribution in [0, 0.1) is 0 Å². The molecule has 0 saturated heterocycles. The van der Waals surface area contributed by atoms with Gasteiger partial charge in [0, 0.05) is 21.8 Å². The summed E-state index contributed by atoms with van der Waals surface area (Å²) < 4.78 is 0. The summed E-state index contributed by atoms with van der Waals surface area (Å²) in [6, 6.07) is 7.85. The topological polar surface area (TPSA) is 38.2 Å². The number of hydroxylamine groups is 1. The molecular formula is C18H18ClN3OS2. The zero-order valence-corrected chi connectivity index (χ0v) is 16.5. The number of thiophene rings is 1. The molecule has 0 fully saturated rings. The van der Waals surface area contributed by atoms with Crippen molar-refractivity contribution in [2.24, 2.45) is 0 Å². The first-order valence-corrected chi connectivity index (χ1v) is 10.3. The van der Waals surface area contributed by atoms with Gasteiger partial charge in [-0.2, -0.15) is 0 Å². The van der Waals surface area contributed by atoms with Gasteiger partial charge in [-0.05, 0) is 49.1 Å². The molecule has 2 aromatic heterocycles. The first kappa shape index (κ1) is 17.1. The van der Waals surface area contributed by atoms with Gasteiger partial charge in [0.2, 0.25) is 0 Å². The predicted molar refractivity (Wildman–Crippen MR) is 106 cm³/mol. The molecule has 4 nitrogen and oxygen atoms in total. The Morgan fingerprint density at radius 3 is 2.80 bits per heavy atom. The van der Waals surface area contributed by atoms with Crippen molar-refractivity contribution in [1.82, 2.24) is 9.97 Å². The Bertz CT molecular complexity index is 911. The van der Waals surface area contributed by atoms with Gasteiger partial charge in [-0.3, -0.25) is 4.84 Å². The van der Waals surface area contributed by atoms with E-state index >= 15 is 0 Å². The molecule has 0 bridgehead atoms. The molecule has 4 rings (SSSR count). The standard InChI is InChI=1S/C18H18ClN3OS2/c1-22(23-2)17-16-13-4-3-5-14(13)25-18(16)21-15(20-17)10-24-12-8-6-11(19)7-9-12/h6-9H,3-5,10H2,1-2H3. The van der Waals surface area contributed by atoms with Gasteiger partial charge >= 0.3 is 0 Å². The Balaban J connectivity index is 1.68. The summed E-state index contributed by atoms with van der Waals surface area (Å²) in [4.78, 5) is 18.7. The number of anilines is 1. The maximum atomic E-state index is 5.95. The van der Waals surface area contributed by atoms with Crippen molar-refractivity contribution in [1.29, 1.82) is 0 Å². The maximum absolute atomic E-state index is 5.95. The van der Waals surface area contributed by atoms with Crippen molar-refractivity contribution in [3.05, 3.63) is 45.6 Å². The number of aromatic nitrogens is 2. The van der Waals surface area contributed by atoms with E-state index in [9.17, 15) is 0 Å². The lowest BCUT2D eigenvalue weighted by Gasteiger charge is -2.17. The minimum atomic E-state index is 0.713. The van der Waals surface area contributed by atoms with Crippen LogP contribution in [0.4, 0.5) is 5.82 Å². The number of aryl methyl sites for hydroxylation is 2. The van der Waals surface area contributed by atoms with Gasteiger partial charge in [-0.1, -0.05) is 11.6 Å². The number of nitrogens with zero attached hydrogens (tertiary/aromatic N) is 3. The Labute approximate surface area is 160 Å². The molecule has 0 amide bonds. The van der Waals surface area contributed by atoms with Crippen LogP contribution >= 0.6 is 34.7 Å². The van der Waals surface area contributed by atoms with Crippen molar-refractivity contribution >= 4 is 50.7 Å². The van der Waals surface area contributed by atoms with Crippen molar-refractivity contribution in [3.8, 4) is 0 Å². The van der Waals surface area contributed by atoms with Crippen LogP contribution in [0.25, 0.3) is 10.2 Å². The van der Waals surface area contributed by atoms with Gasteiger partial charge in [0.1, 0.15) is 10.7 Å². The second-order valence-electron chi connectivity index (χ2n) is 5.92. The normalized spacial score (nSPS) is 13.4. The minimum Gasteiger partial charge on any atom is -0.276 e. The van der Waals surface area contributed by atoms with Crippen LogP contribution in [0.3, 0.4) is 0 Å². The van der Waals surface area contributed by atoms with Crippen LogP contribution in [0.5, 0.6) is 0 Å². The average molecular weight is 392 g/mol. The second-order valence-corrected chi connectivity index (χ2v) is 8.49. The second kappa shape index (κ2) is 7.11. The van der Waals surface area contributed by atoms with Gasteiger partial charge in [-0.25, -0.2) is 15.0 Å². The van der Waals surface area contributed by atoms with Gasteiger partial charge in [-0.15, -0.1) is 23.1 Å². The Morgan fingerprint density at radius 1 is 1.24 bits per heavy atom. The minimum absolute atomic E-state index is 0.713. The molecule has 0 atom stereocenters. The molecule has 2 heterocycles. The summed E-state index contributed by atoms with van der Waals surface area (Å²) in [6.45, 7) is 0. The van der Waals surface area contributed by atoms with Crippen LogP contribution in [-0.2, 0) is 23.4 Å². The number of benzene rings is 1. The molecule has 1 aromatic carbocycles. The van der Waals surface area contributed by atoms with E-state index in [1.165, 1.54) is 22.2 Å². The number of hydrogen-bond donors (Lipinski definition) is 0. The molecule has 0 saturated carbocycles. The van der Waals surface area contributed by atoms with Gasteiger partial charge in [0.15, 0.2) is 5.82 Å². The summed E-state index contributed by atoms with van der Waals surface area (Å²) in [5, 5.41) is 3.66. The van der Waals surface area contributed by atoms with Crippen LogP contribution in [0.2, 0.25) is 5.02 Å². The van der Waals surface area contributed by atoms with Crippen LogP contribution in [0.15, 0.2) is 29.2 Å². The SMILES string of the molecule is CON(C)c1nc(CSc2ccc(Cl)cc2)nc2sc3c(c12)CCC3. The van der Waals surface area contributed by atoms with Gasteiger partial charge in [0.25, 0.3) is 0 Å². The van der Waals surface area contributed by atoms with Crippen LogP contribution in [-0.4, -0.2) is 24.1 Å². The molecule has 0 aliphatic heterocycles. The van der Waals surface area contributed by atoms with Crippen molar-refractivity contribution in [3.63, 3.8) is 0 Å². The number of thioether (sulfide) groups is 1. The van der Waals surface area contributed by atoms with E-state index in [4.69, 9.17) is 26.4 Å². The predicted octanol–water partition coefficient (Wildman–Crippen LogP) is 5.12. The molecule has 3 aromatic rings. The van der Waals surface area contributed by atoms with Crippen molar-refractivity contribution in [2.75, 3.05) is 19.2 Å². The highest BCUT2D eigenvalue weighted by Gasteiger charge is 2.24. The maximum Gasteiger partial charge on any atom is 0.164 e. The van der Waals surface area contributed by atoms with E-state index in [-0.39, 0.29) is 0 Å². The third-order valence-electron chi connectivity index (χ3n) is 4.35. The third kappa shape index (κ3) is 3.36. The average Bonchev–Trinajstić information content (AvgIpc) is 3.20. The van der Waals surface area contributed by atoms with E-state index in [1.54, 1.807) is 35.3 Å². The monoisotopic (exact) mass is 391 g/mol. The highest BCUT2D eigenvalue weighted by Crippen LogP contribution is 2.40. The first-order valence-electron chi connectivity index (χ1n) is 8.13. The van der Waals surface area contributed by atoms with E-state index in [0.717, 1.165) is 39.2 Å². The van der Waals surface area contributed by atoms with E-state index in [1.807, 2.05) is 31.3 Å². The quantitative estimate of drug-likeness (QED) is 0.445. The van der Waals surface area contributed by atoms with E-state index in [0.29, 0.717) is 5.75 Å². The van der Waals surface area contributed by atoms with Gasteiger partial charge in [0.05, 0.1) is 18.2 Å². The summed E-state index contributed by atoms with van der Waals surface area (Å²) in [6.07, 6.45) is 3.49. The first-order chi connectivity index (χ1) is 12.2. The molecule has 25 heavy (non-hydrogen) atoms. The molecule has 0 N–H and O–H groups in total. The molecular weight excluding hydrogens is 374 g/mol. The van der Waals surface area contributed by atoms with E-state index < -0.39 is 0 Å². The summed E-state index contributed by atoms with van der Waals surface area (Å²) in [5.41, 5.74) is 1.41. The third-order valence-corrected chi connectivity index (χ3v) is 6.79. The molecule has 130 valence electrons. The molecule has 0 unspecified atom stereocenters. The zero-order chi connectivity index (χ0) is 17.4. The van der Waals surface area contributed by atoms with Crippen LogP contribution in [0.1, 0.15) is 22.7 Å². The lowest BCUT2D eigenvalue weighted by atomic mass is 10.2. The molecule has 1 aliphatic rings. The Kier molecular flexibility index (Phi) is 4.86. The fraction of sp³-hybridized carbons (Fsp3) is 0.333. The largest absolute Gasteiger partial charge is 0.276 e. The van der Waals surface area contributed by atoms with Gasteiger partial charge < -0.3 is 0 Å². The van der Waals surface area contributed by atoms with Crippen molar-refractivity contribution in [2.45, 2.75) is 29.9 Å². The number of rotatable bonds is 5. The number of fused-ring (bicyclic) bond motifs is 3. The summed E-state index contributed by atoms with van der Waals surface area (Å²) in [7, 11) is 3.57. The van der Waals surface area contributed by atoms with Crippen LogP contribution < -0.4 is 5.06 Å². The fourth-order valence-corrected chi connectivity index (χ4v) is 5.23. The Hall–Kier alpha value is -1.34.